The van der Waals surface area contributed by atoms with Gasteiger partial charge in [-0.05, 0) is 43.5 Å². The maximum absolute atomic E-state index is 13.9. The number of piperazine rings is 1. The fourth-order valence-corrected chi connectivity index (χ4v) is 7.19. The number of carbonyl (C=O) groups is 1. The topological polar surface area (TPSA) is 241 Å². The summed E-state index contributed by atoms with van der Waals surface area (Å²) in [5.41, 5.74) is 2.03. The van der Waals surface area contributed by atoms with Gasteiger partial charge in [0.05, 0.1) is 42.2 Å². The highest BCUT2D eigenvalue weighted by Gasteiger charge is 2.30. The molecule has 0 amide bonds. The number of aromatic amines is 1. The Kier molecular flexibility index (Phi) is 18.4. The van der Waals surface area contributed by atoms with Gasteiger partial charge >= 0.3 is 5.97 Å². The van der Waals surface area contributed by atoms with Crippen LogP contribution in [0.2, 0.25) is 0 Å². The number of sulfonamides is 1. The molecule has 0 spiro atoms. The Morgan fingerprint density at radius 2 is 1.73 bits per heavy atom. The quantitative estimate of drug-likeness (QED) is 0.0662. The van der Waals surface area contributed by atoms with E-state index in [9.17, 15) is 38.2 Å². The number of nitrogens with one attached hydrogen (secondary N) is 1. The van der Waals surface area contributed by atoms with Crippen LogP contribution in [-0.4, -0.2) is 120 Å². The third-order valence-corrected chi connectivity index (χ3v) is 10.2. The Morgan fingerprint density at radius 1 is 1.00 bits per heavy atom. The van der Waals surface area contributed by atoms with E-state index >= 15 is 0 Å². The minimum absolute atomic E-state index is 0. The SMILES string of the molecule is C.C.CCCOc1ccc(S(=O)(=O)N2CCN(CCOC(=O)CCOC[C@@H](CO[N+](=O)[O-])O[N+](=O)[O-])CC2)cc1-c1nc2c(CCC)cn(CC)c2c(=O)[nH]1. The van der Waals surface area contributed by atoms with Crippen molar-refractivity contribution in [3.05, 3.63) is 60.5 Å². The number of fused-ring (bicyclic) bond motifs is 1. The number of hydrogen-bond acceptors (Lipinski definition) is 15. The molecule has 1 saturated heterocycles. The molecule has 55 heavy (non-hydrogen) atoms. The monoisotopic (exact) mass is 799 g/mol. The van der Waals surface area contributed by atoms with Gasteiger partial charge in [-0.15, -0.1) is 20.2 Å². The van der Waals surface area contributed by atoms with Crippen molar-refractivity contribution < 1.29 is 47.3 Å². The lowest BCUT2D eigenvalue weighted by molar-refractivity contribution is -0.790. The largest absolute Gasteiger partial charge is 0.493 e. The fraction of sp³-hybridized carbons (Fsp3) is 0.618. The lowest BCUT2D eigenvalue weighted by atomic mass is 10.1. The Hall–Kier alpha value is -4.86. The van der Waals surface area contributed by atoms with Crippen LogP contribution in [-0.2, 0) is 46.9 Å². The summed E-state index contributed by atoms with van der Waals surface area (Å²) in [6.07, 6.45) is 2.72. The lowest BCUT2D eigenvalue weighted by Crippen LogP contribution is -2.49. The van der Waals surface area contributed by atoms with Crippen molar-refractivity contribution in [2.75, 3.05) is 65.8 Å². The number of ether oxygens (including phenoxy) is 3. The van der Waals surface area contributed by atoms with E-state index in [0.717, 1.165) is 24.8 Å². The van der Waals surface area contributed by atoms with Gasteiger partial charge in [0.15, 0.2) is 6.10 Å². The molecule has 0 bridgehead atoms. The van der Waals surface area contributed by atoms with Gasteiger partial charge in [0.25, 0.3) is 15.7 Å². The first-order chi connectivity index (χ1) is 25.4. The summed E-state index contributed by atoms with van der Waals surface area (Å²) in [5.74, 6) is 0.0286. The molecule has 2 aromatic heterocycles. The maximum atomic E-state index is 13.9. The van der Waals surface area contributed by atoms with E-state index < -0.39 is 45.5 Å². The summed E-state index contributed by atoms with van der Waals surface area (Å²) < 4.78 is 47.3. The number of benzene rings is 1. The molecule has 0 unspecified atom stereocenters. The summed E-state index contributed by atoms with van der Waals surface area (Å²) >= 11 is 0. The predicted octanol–water partition coefficient (Wildman–Crippen LogP) is 3.47. The van der Waals surface area contributed by atoms with Crippen LogP contribution in [0.25, 0.3) is 22.4 Å². The maximum Gasteiger partial charge on any atom is 0.308 e. The molecule has 0 radical (unpaired) electrons. The summed E-state index contributed by atoms with van der Waals surface area (Å²) in [5, 5.41) is 18.6. The Morgan fingerprint density at radius 3 is 2.36 bits per heavy atom. The van der Waals surface area contributed by atoms with Gasteiger partial charge < -0.3 is 33.4 Å². The van der Waals surface area contributed by atoms with Gasteiger partial charge in [0.2, 0.25) is 10.0 Å². The summed E-state index contributed by atoms with van der Waals surface area (Å²) in [6.45, 7) is 7.14. The van der Waals surface area contributed by atoms with E-state index in [2.05, 4.69) is 14.7 Å². The van der Waals surface area contributed by atoms with Crippen molar-refractivity contribution in [1.82, 2.24) is 23.7 Å². The van der Waals surface area contributed by atoms with Crippen LogP contribution in [0.5, 0.6) is 5.75 Å². The van der Waals surface area contributed by atoms with E-state index in [1.165, 1.54) is 16.4 Å². The summed E-state index contributed by atoms with van der Waals surface area (Å²) in [7, 11) is -3.95. The van der Waals surface area contributed by atoms with E-state index in [1.807, 2.05) is 36.4 Å². The van der Waals surface area contributed by atoms with E-state index in [1.54, 1.807) is 6.07 Å². The lowest BCUT2D eigenvalue weighted by Gasteiger charge is -2.33. The second-order valence-corrected chi connectivity index (χ2v) is 14.0. The zero-order valence-corrected chi connectivity index (χ0v) is 30.7. The number of hydrogen-bond donors (Lipinski definition) is 1. The molecule has 0 saturated carbocycles. The minimum atomic E-state index is -3.95. The Labute approximate surface area is 319 Å². The van der Waals surface area contributed by atoms with E-state index in [-0.39, 0.29) is 63.9 Å². The van der Waals surface area contributed by atoms with Gasteiger partial charge in [-0.1, -0.05) is 35.1 Å². The Bertz CT molecular complexity index is 1890. The van der Waals surface area contributed by atoms with Gasteiger partial charge in [-0.2, -0.15) is 4.31 Å². The van der Waals surface area contributed by atoms with E-state index in [0.29, 0.717) is 55.1 Å². The number of aromatic nitrogens is 3. The molecular formula is C34H53N7O13S. The highest BCUT2D eigenvalue weighted by atomic mass is 32.2. The van der Waals surface area contributed by atoms with Crippen molar-refractivity contribution in [3.8, 4) is 17.1 Å². The Balaban J connectivity index is 0.00000523. The fourth-order valence-electron chi connectivity index (χ4n) is 5.74. The van der Waals surface area contributed by atoms with Gasteiger partial charge in [-0.3, -0.25) is 14.5 Å². The van der Waals surface area contributed by atoms with Gasteiger partial charge in [0.1, 0.15) is 30.3 Å². The summed E-state index contributed by atoms with van der Waals surface area (Å²) in [6, 6.07) is 4.57. The number of nitrogens with zero attached hydrogens (tertiary/aromatic N) is 6. The first-order valence-corrected chi connectivity index (χ1v) is 18.7. The number of esters is 1. The van der Waals surface area contributed by atoms with Crippen LogP contribution in [0.1, 0.15) is 60.5 Å². The molecule has 1 aromatic carbocycles. The first kappa shape index (κ1) is 46.3. The zero-order chi connectivity index (χ0) is 38.5. The average Bonchev–Trinajstić information content (AvgIpc) is 3.49. The van der Waals surface area contributed by atoms with Crippen molar-refractivity contribution in [2.45, 2.75) is 78.9 Å². The second-order valence-electron chi connectivity index (χ2n) is 12.1. The third kappa shape index (κ3) is 12.6. The van der Waals surface area contributed by atoms with Crippen LogP contribution < -0.4 is 10.3 Å². The third-order valence-electron chi connectivity index (χ3n) is 8.32. The van der Waals surface area contributed by atoms with Crippen molar-refractivity contribution in [2.24, 2.45) is 0 Å². The molecule has 1 aliphatic heterocycles. The van der Waals surface area contributed by atoms with Gasteiger partial charge in [0, 0.05) is 45.5 Å². The number of carbonyl (C=O) groups excluding carboxylic acids is 1. The molecule has 3 aromatic rings. The highest BCUT2D eigenvalue weighted by molar-refractivity contribution is 7.89. The minimum Gasteiger partial charge on any atom is -0.493 e. The molecule has 3 heterocycles. The average molecular weight is 800 g/mol. The molecule has 0 aliphatic carbocycles. The second kappa shape index (κ2) is 21.9. The molecule has 20 nitrogen and oxygen atoms in total. The molecule has 1 N–H and O–H groups in total. The van der Waals surface area contributed by atoms with Gasteiger partial charge in [-0.25, -0.2) is 13.4 Å². The summed E-state index contributed by atoms with van der Waals surface area (Å²) in [4.78, 5) is 64.3. The standard InChI is InChI=1S/C32H45N7O13S.2CH4/c1-4-7-23-20-36(6-3)30-29(23)33-31(34-32(30)41)26-19-25(8-9-27(26)49-16-5-2)53(46,47)37-13-11-35(12-14-37)15-18-50-28(40)10-17-48-21-24(52-39(44)45)22-51-38(42)43;;/h8-9,19-20,24H,4-7,10-18,21-22H2,1-3H3,(H,33,34,41);2*1H4/t24-;;/m0../s1. The molecule has 1 fully saturated rings. The molecular weight excluding hydrogens is 746 g/mol. The van der Waals surface area contributed by atoms with Crippen LogP contribution in [0.3, 0.4) is 0 Å². The molecule has 4 rings (SSSR count). The molecule has 1 atom stereocenters. The number of H-pyrrole nitrogens is 1. The first-order valence-electron chi connectivity index (χ1n) is 17.3. The molecule has 1 aliphatic rings. The van der Waals surface area contributed by atoms with Crippen molar-refractivity contribution in [1.29, 1.82) is 0 Å². The van der Waals surface area contributed by atoms with Crippen molar-refractivity contribution in [3.63, 3.8) is 0 Å². The highest BCUT2D eigenvalue weighted by Crippen LogP contribution is 2.33. The van der Waals surface area contributed by atoms with E-state index in [4.69, 9.17) is 19.2 Å². The molecule has 21 heteroatoms. The van der Waals surface area contributed by atoms with Crippen LogP contribution in [0.15, 0.2) is 34.1 Å². The number of rotatable bonds is 22. The predicted molar refractivity (Wildman–Crippen MR) is 201 cm³/mol. The smallest absolute Gasteiger partial charge is 0.308 e. The number of aryl methyl sites for hydroxylation is 2. The van der Waals surface area contributed by atoms with Crippen molar-refractivity contribution >= 4 is 27.0 Å². The van der Waals surface area contributed by atoms with Crippen LogP contribution >= 0.6 is 0 Å². The van der Waals surface area contributed by atoms with Crippen LogP contribution in [0.4, 0.5) is 0 Å². The normalized spacial score (nSPS) is 14.0. The van der Waals surface area contributed by atoms with Crippen LogP contribution in [0, 0.1) is 20.2 Å². The molecule has 308 valence electrons. The zero-order valence-electron chi connectivity index (χ0n) is 29.9.